The maximum Gasteiger partial charge on any atom is 0.131 e. The van der Waals surface area contributed by atoms with E-state index in [2.05, 4.69) is 0 Å². The molecule has 0 saturated carbocycles. The Bertz CT molecular complexity index is 570. The van der Waals surface area contributed by atoms with Crippen LogP contribution < -0.4 is 5.73 Å². The Morgan fingerprint density at radius 1 is 1.06 bits per heavy atom. The van der Waals surface area contributed by atoms with Gasteiger partial charge in [-0.05, 0) is 30.7 Å². The predicted molar refractivity (Wildman–Crippen MR) is 74.6 cm³/mol. The normalized spacial score (nSPS) is 10.7. The second-order valence-corrected chi connectivity index (χ2v) is 4.74. The van der Waals surface area contributed by atoms with E-state index in [1.54, 1.807) is 24.3 Å². The smallest absolute Gasteiger partial charge is 0.131 e. The van der Waals surface area contributed by atoms with Gasteiger partial charge in [-0.25, -0.2) is 4.39 Å². The standard InChI is InChI=1S/C14H12Cl2FN/c15-12-3-1-2-11(14(12)16)10-5-4-9(6-7-18)8-13(10)17/h1-5,8H,6-7,18H2. The molecule has 2 aromatic carbocycles. The second-order valence-electron chi connectivity index (χ2n) is 3.95. The average molecular weight is 284 g/mol. The van der Waals surface area contributed by atoms with E-state index in [-0.39, 0.29) is 5.82 Å². The van der Waals surface area contributed by atoms with E-state index in [0.29, 0.717) is 34.1 Å². The SMILES string of the molecule is NCCc1ccc(-c2cccc(Cl)c2Cl)c(F)c1. The van der Waals surface area contributed by atoms with Crippen molar-refractivity contribution in [3.63, 3.8) is 0 Å². The van der Waals surface area contributed by atoms with Gasteiger partial charge in [-0.2, -0.15) is 0 Å². The number of halogens is 3. The summed E-state index contributed by atoms with van der Waals surface area (Å²) in [5.74, 6) is -0.315. The summed E-state index contributed by atoms with van der Waals surface area (Å²) < 4.78 is 14.0. The highest BCUT2D eigenvalue weighted by Crippen LogP contribution is 2.34. The van der Waals surface area contributed by atoms with Crippen LogP contribution in [0.25, 0.3) is 11.1 Å². The van der Waals surface area contributed by atoms with Crippen LogP contribution in [0.5, 0.6) is 0 Å². The summed E-state index contributed by atoms with van der Waals surface area (Å²) in [4.78, 5) is 0. The topological polar surface area (TPSA) is 26.0 Å². The number of hydrogen-bond acceptors (Lipinski definition) is 1. The van der Waals surface area contributed by atoms with Crippen LogP contribution in [0.15, 0.2) is 36.4 Å². The van der Waals surface area contributed by atoms with Gasteiger partial charge in [0, 0.05) is 11.1 Å². The molecule has 0 aromatic heterocycles. The van der Waals surface area contributed by atoms with E-state index in [0.717, 1.165) is 5.56 Å². The Hall–Kier alpha value is -1.09. The molecular weight excluding hydrogens is 272 g/mol. The summed E-state index contributed by atoms with van der Waals surface area (Å²) in [6, 6.07) is 10.2. The lowest BCUT2D eigenvalue weighted by molar-refractivity contribution is 0.629. The molecule has 94 valence electrons. The summed E-state index contributed by atoms with van der Waals surface area (Å²) in [6.07, 6.45) is 0.653. The van der Waals surface area contributed by atoms with Gasteiger partial charge in [0.15, 0.2) is 0 Å². The van der Waals surface area contributed by atoms with Crippen LogP contribution in [0.3, 0.4) is 0 Å². The first-order valence-corrected chi connectivity index (χ1v) is 6.32. The summed E-state index contributed by atoms with van der Waals surface area (Å²) in [5, 5.41) is 0.782. The highest BCUT2D eigenvalue weighted by atomic mass is 35.5. The number of nitrogens with two attached hydrogens (primary N) is 1. The van der Waals surface area contributed by atoms with Gasteiger partial charge in [-0.1, -0.05) is 47.5 Å². The molecule has 0 heterocycles. The molecule has 0 unspecified atom stereocenters. The molecule has 0 radical (unpaired) electrons. The first-order chi connectivity index (χ1) is 8.63. The summed E-state index contributed by atoms with van der Waals surface area (Å²) >= 11 is 12.0. The van der Waals surface area contributed by atoms with Crippen molar-refractivity contribution in [2.45, 2.75) is 6.42 Å². The molecule has 0 saturated heterocycles. The third-order valence-corrected chi connectivity index (χ3v) is 3.53. The fourth-order valence-electron chi connectivity index (χ4n) is 1.81. The highest BCUT2D eigenvalue weighted by molar-refractivity contribution is 6.43. The predicted octanol–water partition coefficient (Wildman–Crippen LogP) is 4.30. The lowest BCUT2D eigenvalue weighted by Gasteiger charge is -2.08. The quantitative estimate of drug-likeness (QED) is 0.893. The average Bonchev–Trinajstić information content (AvgIpc) is 2.34. The van der Waals surface area contributed by atoms with Gasteiger partial charge in [0.1, 0.15) is 5.82 Å². The lowest BCUT2D eigenvalue weighted by atomic mass is 10.0. The van der Waals surface area contributed by atoms with Crippen molar-refractivity contribution in [2.75, 3.05) is 6.54 Å². The minimum Gasteiger partial charge on any atom is -0.330 e. The van der Waals surface area contributed by atoms with Gasteiger partial charge in [0.2, 0.25) is 0 Å². The number of rotatable bonds is 3. The molecule has 18 heavy (non-hydrogen) atoms. The molecule has 2 rings (SSSR count). The zero-order valence-electron chi connectivity index (χ0n) is 9.59. The molecule has 0 aliphatic rings. The van der Waals surface area contributed by atoms with Crippen molar-refractivity contribution >= 4 is 23.2 Å². The molecule has 4 heteroatoms. The molecular formula is C14H12Cl2FN. The van der Waals surface area contributed by atoms with E-state index in [1.165, 1.54) is 6.07 Å². The van der Waals surface area contributed by atoms with Crippen LogP contribution in [0.1, 0.15) is 5.56 Å². The monoisotopic (exact) mass is 283 g/mol. The molecule has 0 atom stereocenters. The molecule has 0 aliphatic heterocycles. The highest BCUT2D eigenvalue weighted by Gasteiger charge is 2.11. The summed E-state index contributed by atoms with van der Waals surface area (Å²) in [6.45, 7) is 0.497. The summed E-state index contributed by atoms with van der Waals surface area (Å²) in [5.41, 5.74) is 7.36. The van der Waals surface area contributed by atoms with E-state index in [4.69, 9.17) is 28.9 Å². The van der Waals surface area contributed by atoms with Crippen LogP contribution in [0.2, 0.25) is 10.0 Å². The van der Waals surface area contributed by atoms with Crippen LogP contribution >= 0.6 is 23.2 Å². The summed E-state index contributed by atoms with van der Waals surface area (Å²) in [7, 11) is 0. The molecule has 2 aromatic rings. The Labute approximate surface area is 115 Å². The molecule has 0 bridgehead atoms. The third-order valence-electron chi connectivity index (χ3n) is 2.71. The van der Waals surface area contributed by atoms with Gasteiger partial charge in [-0.3, -0.25) is 0 Å². The first kappa shape index (κ1) is 13.3. The Morgan fingerprint density at radius 2 is 1.83 bits per heavy atom. The number of benzene rings is 2. The van der Waals surface area contributed by atoms with Gasteiger partial charge >= 0.3 is 0 Å². The zero-order chi connectivity index (χ0) is 13.1. The maximum atomic E-state index is 14.0. The molecule has 1 nitrogen and oxygen atoms in total. The van der Waals surface area contributed by atoms with Gasteiger partial charge in [-0.15, -0.1) is 0 Å². The Balaban J connectivity index is 2.48. The van der Waals surface area contributed by atoms with Gasteiger partial charge in [0.05, 0.1) is 10.0 Å². The van der Waals surface area contributed by atoms with E-state index in [9.17, 15) is 4.39 Å². The minimum absolute atomic E-state index is 0.315. The van der Waals surface area contributed by atoms with Crippen molar-refractivity contribution in [1.29, 1.82) is 0 Å². The molecule has 0 spiro atoms. The molecule has 0 amide bonds. The Morgan fingerprint density at radius 3 is 2.50 bits per heavy atom. The van der Waals surface area contributed by atoms with E-state index < -0.39 is 0 Å². The first-order valence-electron chi connectivity index (χ1n) is 5.56. The van der Waals surface area contributed by atoms with E-state index >= 15 is 0 Å². The molecule has 0 fully saturated rings. The van der Waals surface area contributed by atoms with Crippen LogP contribution in [0.4, 0.5) is 4.39 Å². The van der Waals surface area contributed by atoms with Gasteiger partial charge in [0.25, 0.3) is 0 Å². The Kier molecular flexibility index (Phi) is 4.23. The van der Waals surface area contributed by atoms with Gasteiger partial charge < -0.3 is 5.73 Å². The van der Waals surface area contributed by atoms with Crippen molar-refractivity contribution in [1.82, 2.24) is 0 Å². The van der Waals surface area contributed by atoms with Crippen LogP contribution in [-0.4, -0.2) is 6.54 Å². The van der Waals surface area contributed by atoms with Crippen molar-refractivity contribution in [2.24, 2.45) is 5.73 Å². The molecule has 0 aliphatic carbocycles. The second kappa shape index (κ2) is 5.70. The van der Waals surface area contributed by atoms with E-state index in [1.807, 2.05) is 6.07 Å². The fraction of sp³-hybridized carbons (Fsp3) is 0.143. The lowest BCUT2D eigenvalue weighted by Crippen LogP contribution is -2.03. The van der Waals surface area contributed by atoms with Crippen molar-refractivity contribution in [3.05, 3.63) is 57.8 Å². The van der Waals surface area contributed by atoms with Crippen LogP contribution in [-0.2, 0) is 6.42 Å². The molecule has 2 N–H and O–H groups in total. The minimum atomic E-state index is -0.315. The third kappa shape index (κ3) is 2.66. The van der Waals surface area contributed by atoms with Crippen molar-refractivity contribution < 1.29 is 4.39 Å². The largest absolute Gasteiger partial charge is 0.330 e. The van der Waals surface area contributed by atoms with Crippen molar-refractivity contribution in [3.8, 4) is 11.1 Å². The number of hydrogen-bond donors (Lipinski definition) is 1. The van der Waals surface area contributed by atoms with Crippen LogP contribution in [0, 0.1) is 5.82 Å². The fourth-order valence-corrected chi connectivity index (χ4v) is 2.21. The zero-order valence-corrected chi connectivity index (χ0v) is 11.1. The maximum absolute atomic E-state index is 14.0.